The summed E-state index contributed by atoms with van der Waals surface area (Å²) in [4.78, 5) is 14.4. The molecule has 0 radical (unpaired) electrons. The first kappa shape index (κ1) is 19.0. The number of carbonyl (C=O) groups excluding carboxylic acids is 1. The van der Waals surface area contributed by atoms with Crippen molar-refractivity contribution in [1.29, 1.82) is 0 Å². The van der Waals surface area contributed by atoms with Crippen molar-refractivity contribution in [3.05, 3.63) is 0 Å². The largest absolute Gasteiger partial charge is 0.352 e. The highest BCUT2D eigenvalue weighted by molar-refractivity contribution is 5.86. The smallest absolute Gasteiger partial charge is 0.239 e. The number of piperidine rings is 2. The van der Waals surface area contributed by atoms with Gasteiger partial charge in [0.05, 0.1) is 5.54 Å². The van der Waals surface area contributed by atoms with Crippen molar-refractivity contribution in [1.82, 2.24) is 10.2 Å². The molecule has 1 amide bonds. The van der Waals surface area contributed by atoms with Crippen molar-refractivity contribution in [3.8, 4) is 0 Å². The molecule has 2 saturated heterocycles. The third-order valence-corrected chi connectivity index (χ3v) is 4.26. The average Bonchev–Trinajstić information content (AvgIpc) is 2.18. The molecule has 2 atom stereocenters. The Morgan fingerprint density at radius 1 is 1.21 bits per heavy atom. The monoisotopic (exact) mass is 311 g/mol. The van der Waals surface area contributed by atoms with E-state index >= 15 is 0 Å². The van der Waals surface area contributed by atoms with Crippen LogP contribution in [-0.2, 0) is 4.79 Å². The van der Waals surface area contributed by atoms with E-state index in [0.29, 0.717) is 18.1 Å². The highest BCUT2D eigenvalue weighted by Crippen LogP contribution is 2.32. The number of fused-ring (bicyclic) bond motifs is 2. The van der Waals surface area contributed by atoms with E-state index in [-0.39, 0.29) is 30.7 Å². The third kappa shape index (κ3) is 4.48. The lowest BCUT2D eigenvalue weighted by molar-refractivity contribution is -0.126. The normalized spacial score (nSPS) is 30.8. The lowest BCUT2D eigenvalue weighted by Crippen LogP contribution is -2.58. The molecule has 0 saturated carbocycles. The van der Waals surface area contributed by atoms with Crippen LogP contribution in [0.15, 0.2) is 0 Å². The lowest BCUT2D eigenvalue weighted by Gasteiger charge is -2.47. The maximum atomic E-state index is 11.9. The summed E-state index contributed by atoms with van der Waals surface area (Å²) in [6.07, 6.45) is 6.03. The van der Waals surface area contributed by atoms with Gasteiger partial charge in [0.1, 0.15) is 0 Å². The molecule has 2 unspecified atom stereocenters. The van der Waals surface area contributed by atoms with Gasteiger partial charge in [-0.3, -0.25) is 4.79 Å². The number of rotatable bonds is 2. The lowest BCUT2D eigenvalue weighted by atomic mass is 9.82. The molecule has 2 aliphatic rings. The second-order valence-electron chi connectivity index (χ2n) is 6.27. The van der Waals surface area contributed by atoms with Crippen LogP contribution >= 0.6 is 24.8 Å². The SMILES string of the molecule is CN1C2CCCC1CC(NC(=O)C(C)(C)N)C2.Cl.Cl. The average molecular weight is 312 g/mol. The quantitative estimate of drug-likeness (QED) is 0.816. The molecule has 3 N–H and O–H groups in total. The van der Waals surface area contributed by atoms with Gasteiger partial charge in [0.25, 0.3) is 0 Å². The first-order valence-electron chi connectivity index (χ1n) is 6.69. The van der Waals surface area contributed by atoms with Crippen molar-refractivity contribution in [3.63, 3.8) is 0 Å². The van der Waals surface area contributed by atoms with Gasteiger partial charge in [0.2, 0.25) is 5.91 Å². The molecule has 2 heterocycles. The fourth-order valence-electron chi connectivity index (χ4n) is 3.11. The first-order valence-corrected chi connectivity index (χ1v) is 6.69. The molecule has 6 heteroatoms. The highest BCUT2D eigenvalue weighted by atomic mass is 35.5. The number of hydrogen-bond donors (Lipinski definition) is 2. The molecular formula is C13H27Cl2N3O. The molecule has 2 aliphatic heterocycles. The summed E-state index contributed by atoms with van der Waals surface area (Å²) >= 11 is 0. The Hall–Kier alpha value is -0.0300. The molecule has 2 rings (SSSR count). The maximum absolute atomic E-state index is 11.9. The molecule has 0 aromatic carbocycles. The van der Waals surface area contributed by atoms with Gasteiger partial charge in [-0.25, -0.2) is 0 Å². The Balaban J connectivity index is 0.00000162. The minimum atomic E-state index is -0.765. The van der Waals surface area contributed by atoms with Gasteiger partial charge in [-0.15, -0.1) is 24.8 Å². The second kappa shape index (κ2) is 7.11. The number of halogens is 2. The van der Waals surface area contributed by atoms with E-state index in [1.54, 1.807) is 13.8 Å². The molecule has 0 spiro atoms. The Bertz CT molecular complexity index is 293. The van der Waals surface area contributed by atoms with Crippen LogP contribution < -0.4 is 11.1 Å². The van der Waals surface area contributed by atoms with E-state index in [1.165, 1.54) is 19.3 Å². The topological polar surface area (TPSA) is 58.4 Å². The van der Waals surface area contributed by atoms with Gasteiger partial charge in [-0.05, 0) is 46.6 Å². The molecule has 19 heavy (non-hydrogen) atoms. The Morgan fingerprint density at radius 2 is 1.68 bits per heavy atom. The number of amides is 1. The van der Waals surface area contributed by atoms with Gasteiger partial charge >= 0.3 is 0 Å². The summed E-state index contributed by atoms with van der Waals surface area (Å²) < 4.78 is 0. The van der Waals surface area contributed by atoms with Crippen LogP contribution in [0.5, 0.6) is 0 Å². The van der Waals surface area contributed by atoms with Crippen LogP contribution in [-0.4, -0.2) is 41.5 Å². The molecule has 114 valence electrons. The van der Waals surface area contributed by atoms with Gasteiger partial charge < -0.3 is 16.0 Å². The molecule has 2 fully saturated rings. The van der Waals surface area contributed by atoms with Crippen LogP contribution in [0.2, 0.25) is 0 Å². The van der Waals surface area contributed by atoms with Gasteiger partial charge in [-0.1, -0.05) is 6.42 Å². The minimum absolute atomic E-state index is 0. The van der Waals surface area contributed by atoms with Gasteiger partial charge in [-0.2, -0.15) is 0 Å². The van der Waals surface area contributed by atoms with Crippen molar-refractivity contribution in [2.75, 3.05) is 7.05 Å². The molecule has 4 nitrogen and oxygen atoms in total. The van der Waals surface area contributed by atoms with E-state index in [4.69, 9.17) is 5.73 Å². The van der Waals surface area contributed by atoms with Crippen LogP contribution in [0.1, 0.15) is 46.0 Å². The van der Waals surface area contributed by atoms with Gasteiger partial charge in [0.15, 0.2) is 0 Å². The van der Waals surface area contributed by atoms with Crippen LogP contribution in [0, 0.1) is 0 Å². The zero-order chi connectivity index (χ0) is 12.6. The van der Waals surface area contributed by atoms with Crippen molar-refractivity contribution < 1.29 is 4.79 Å². The number of nitrogens with one attached hydrogen (secondary N) is 1. The summed E-state index contributed by atoms with van der Waals surface area (Å²) in [6.45, 7) is 3.52. The fourth-order valence-corrected chi connectivity index (χ4v) is 3.11. The summed E-state index contributed by atoms with van der Waals surface area (Å²) in [5.41, 5.74) is 5.05. The van der Waals surface area contributed by atoms with E-state index in [0.717, 1.165) is 12.8 Å². The zero-order valence-electron chi connectivity index (χ0n) is 12.0. The molecule has 0 aromatic heterocycles. The van der Waals surface area contributed by atoms with Crippen LogP contribution in [0.25, 0.3) is 0 Å². The number of nitrogens with two attached hydrogens (primary N) is 1. The summed E-state index contributed by atoms with van der Waals surface area (Å²) in [5.74, 6) is -0.0230. The number of carbonyl (C=O) groups is 1. The van der Waals surface area contributed by atoms with E-state index in [1.807, 2.05) is 0 Å². The molecular weight excluding hydrogens is 285 g/mol. The van der Waals surface area contributed by atoms with Crippen molar-refractivity contribution in [2.45, 2.75) is 69.6 Å². The summed E-state index contributed by atoms with van der Waals surface area (Å²) in [6, 6.07) is 1.61. The zero-order valence-corrected chi connectivity index (χ0v) is 13.6. The van der Waals surface area contributed by atoms with E-state index in [9.17, 15) is 4.79 Å². The fraction of sp³-hybridized carbons (Fsp3) is 0.923. The minimum Gasteiger partial charge on any atom is -0.352 e. The standard InChI is InChI=1S/C13H25N3O.2ClH/c1-13(2,14)12(17)15-9-7-10-5-4-6-11(8-9)16(10)3;;/h9-11H,4-8,14H2,1-3H3,(H,15,17);2*1H. The summed E-state index contributed by atoms with van der Waals surface area (Å²) in [7, 11) is 2.22. The van der Waals surface area contributed by atoms with Gasteiger partial charge in [0, 0.05) is 18.1 Å². The molecule has 0 aromatic rings. The Kier molecular flexibility index (Phi) is 7.10. The third-order valence-electron chi connectivity index (χ3n) is 4.26. The predicted molar refractivity (Wildman–Crippen MR) is 83.1 cm³/mol. The summed E-state index contributed by atoms with van der Waals surface area (Å²) in [5, 5.41) is 3.12. The van der Waals surface area contributed by atoms with Crippen molar-refractivity contribution >= 4 is 30.7 Å². The number of nitrogens with zero attached hydrogens (tertiary/aromatic N) is 1. The second-order valence-corrected chi connectivity index (χ2v) is 6.27. The van der Waals surface area contributed by atoms with E-state index in [2.05, 4.69) is 17.3 Å². The molecule has 2 bridgehead atoms. The number of hydrogen-bond acceptors (Lipinski definition) is 3. The van der Waals surface area contributed by atoms with Crippen LogP contribution in [0.4, 0.5) is 0 Å². The Morgan fingerprint density at radius 3 is 2.11 bits per heavy atom. The highest BCUT2D eigenvalue weighted by Gasteiger charge is 2.37. The predicted octanol–water partition coefficient (Wildman–Crippen LogP) is 1.70. The first-order chi connectivity index (χ1) is 7.88. The van der Waals surface area contributed by atoms with Crippen LogP contribution in [0.3, 0.4) is 0 Å². The Labute approximate surface area is 128 Å². The van der Waals surface area contributed by atoms with Crippen molar-refractivity contribution in [2.24, 2.45) is 5.73 Å². The maximum Gasteiger partial charge on any atom is 0.239 e. The van der Waals surface area contributed by atoms with E-state index < -0.39 is 5.54 Å². The molecule has 0 aliphatic carbocycles.